The molecule has 7 heteroatoms. The highest BCUT2D eigenvalue weighted by molar-refractivity contribution is 5.69. The van der Waals surface area contributed by atoms with Crippen molar-refractivity contribution in [2.45, 2.75) is 52.3 Å². The van der Waals surface area contributed by atoms with Gasteiger partial charge in [-0.1, -0.05) is 0 Å². The number of hydrogen-bond acceptors (Lipinski definition) is 6. The van der Waals surface area contributed by atoms with Crippen LogP contribution in [0.3, 0.4) is 0 Å². The second-order valence-corrected chi connectivity index (χ2v) is 6.72. The zero-order valence-electron chi connectivity index (χ0n) is 13.8. The second-order valence-electron chi connectivity index (χ2n) is 6.72. The molecule has 0 aliphatic carbocycles. The van der Waals surface area contributed by atoms with Crippen LogP contribution in [0.15, 0.2) is 12.4 Å². The van der Waals surface area contributed by atoms with Gasteiger partial charge < -0.3 is 19.6 Å². The van der Waals surface area contributed by atoms with Gasteiger partial charge in [0, 0.05) is 25.2 Å². The molecule has 1 aromatic heterocycles. The first-order valence-electron chi connectivity index (χ1n) is 7.44. The van der Waals surface area contributed by atoms with E-state index in [2.05, 4.69) is 9.97 Å². The molecule has 0 saturated carbocycles. The van der Waals surface area contributed by atoms with Gasteiger partial charge in [0.2, 0.25) is 5.95 Å². The lowest BCUT2D eigenvalue weighted by molar-refractivity contribution is 0.0129. The Morgan fingerprint density at radius 1 is 1.23 bits per heavy atom. The second kappa shape index (κ2) is 5.98. The summed E-state index contributed by atoms with van der Waals surface area (Å²) in [6.07, 6.45) is 2.46. The van der Waals surface area contributed by atoms with Crippen LogP contribution in [0.1, 0.15) is 34.6 Å². The van der Waals surface area contributed by atoms with Crippen LogP contribution in [0.25, 0.3) is 0 Å². The summed E-state index contributed by atoms with van der Waals surface area (Å²) in [4.78, 5) is 24.3. The van der Waals surface area contributed by atoms with Crippen molar-refractivity contribution in [3.8, 4) is 5.75 Å². The van der Waals surface area contributed by atoms with Crippen LogP contribution < -0.4 is 4.90 Å². The maximum atomic E-state index is 12.3. The number of nitrogens with zero attached hydrogens (tertiary/aromatic N) is 4. The summed E-state index contributed by atoms with van der Waals surface area (Å²) in [5.74, 6) is 0.595. The Morgan fingerprint density at radius 3 is 2.36 bits per heavy atom. The molecule has 0 spiro atoms. The standard InChI is InChI=1S/C15H24N4O3/c1-10-9-19(14(21)22-15(3,4)5)11(2)8-18(10)13-16-6-12(20)7-17-13/h6-7,10-11,20H,8-9H2,1-5H3. The SMILES string of the molecule is CC1CN(c2ncc(O)cn2)C(C)CN1C(=O)OC(C)(C)C. The molecule has 0 aromatic carbocycles. The molecule has 22 heavy (non-hydrogen) atoms. The van der Waals surface area contributed by atoms with E-state index in [1.54, 1.807) is 4.90 Å². The van der Waals surface area contributed by atoms with Gasteiger partial charge in [-0.25, -0.2) is 14.8 Å². The average molecular weight is 308 g/mol. The number of anilines is 1. The highest BCUT2D eigenvalue weighted by Gasteiger charge is 2.35. The van der Waals surface area contributed by atoms with Crippen LogP contribution >= 0.6 is 0 Å². The lowest BCUT2D eigenvalue weighted by Crippen LogP contribution is -2.59. The minimum Gasteiger partial charge on any atom is -0.505 e. The molecular weight excluding hydrogens is 284 g/mol. The summed E-state index contributed by atoms with van der Waals surface area (Å²) < 4.78 is 5.46. The Labute approximate surface area is 130 Å². The minimum atomic E-state index is -0.503. The molecule has 7 nitrogen and oxygen atoms in total. The monoisotopic (exact) mass is 308 g/mol. The number of aromatic hydroxyl groups is 1. The zero-order valence-corrected chi connectivity index (χ0v) is 13.8. The molecule has 0 radical (unpaired) electrons. The highest BCUT2D eigenvalue weighted by Crippen LogP contribution is 2.22. The van der Waals surface area contributed by atoms with Crippen molar-refractivity contribution in [1.82, 2.24) is 14.9 Å². The predicted molar refractivity (Wildman–Crippen MR) is 82.9 cm³/mol. The summed E-state index contributed by atoms with van der Waals surface area (Å²) in [7, 11) is 0. The molecule has 1 N–H and O–H groups in total. The van der Waals surface area contributed by atoms with Gasteiger partial charge in [-0.2, -0.15) is 0 Å². The van der Waals surface area contributed by atoms with Crippen LogP contribution in [-0.4, -0.2) is 56.8 Å². The molecule has 1 aliphatic rings. The molecule has 1 aliphatic heterocycles. The molecule has 2 unspecified atom stereocenters. The summed E-state index contributed by atoms with van der Waals surface area (Å²) in [6.45, 7) is 10.7. The molecule has 1 amide bonds. The first-order chi connectivity index (χ1) is 10.2. The number of amides is 1. The highest BCUT2D eigenvalue weighted by atomic mass is 16.6. The van der Waals surface area contributed by atoms with E-state index >= 15 is 0 Å². The van der Waals surface area contributed by atoms with Gasteiger partial charge in [0.05, 0.1) is 12.4 Å². The van der Waals surface area contributed by atoms with E-state index < -0.39 is 5.60 Å². The molecule has 1 aromatic rings. The molecule has 1 fully saturated rings. The summed E-state index contributed by atoms with van der Waals surface area (Å²) in [5, 5.41) is 9.28. The van der Waals surface area contributed by atoms with E-state index in [1.807, 2.05) is 39.5 Å². The lowest BCUT2D eigenvalue weighted by Gasteiger charge is -2.44. The van der Waals surface area contributed by atoms with Gasteiger partial charge >= 0.3 is 6.09 Å². The van der Waals surface area contributed by atoms with E-state index in [4.69, 9.17) is 4.74 Å². The number of hydrogen-bond donors (Lipinski definition) is 1. The number of rotatable bonds is 1. The fraction of sp³-hybridized carbons (Fsp3) is 0.667. The normalized spacial score (nSPS) is 22.6. The van der Waals surface area contributed by atoms with Gasteiger partial charge in [-0.15, -0.1) is 0 Å². The van der Waals surface area contributed by atoms with E-state index in [1.165, 1.54) is 12.4 Å². The van der Waals surface area contributed by atoms with E-state index in [0.717, 1.165) is 0 Å². The molecule has 0 bridgehead atoms. The minimum absolute atomic E-state index is 0.0107. The predicted octanol–water partition coefficient (Wildman–Crippen LogP) is 2.02. The average Bonchev–Trinajstić information content (AvgIpc) is 2.40. The van der Waals surface area contributed by atoms with Crippen LogP contribution in [0.2, 0.25) is 0 Å². The number of piperazine rings is 1. The third-order valence-corrected chi connectivity index (χ3v) is 3.50. The topological polar surface area (TPSA) is 78.8 Å². The fourth-order valence-corrected chi connectivity index (χ4v) is 2.44. The van der Waals surface area contributed by atoms with Crippen molar-refractivity contribution in [3.63, 3.8) is 0 Å². The lowest BCUT2D eigenvalue weighted by atomic mass is 10.1. The van der Waals surface area contributed by atoms with Crippen molar-refractivity contribution >= 4 is 12.0 Å². The number of carbonyl (C=O) groups excluding carboxylic acids is 1. The van der Waals surface area contributed by atoms with E-state index in [-0.39, 0.29) is 23.9 Å². The van der Waals surface area contributed by atoms with Gasteiger partial charge in [0.1, 0.15) is 5.60 Å². The molecular formula is C15H24N4O3. The Bertz CT molecular complexity index is 527. The Morgan fingerprint density at radius 2 is 1.82 bits per heavy atom. The van der Waals surface area contributed by atoms with Crippen LogP contribution in [0, 0.1) is 0 Å². The zero-order chi connectivity index (χ0) is 16.5. The molecule has 1 saturated heterocycles. The molecule has 2 rings (SSSR count). The number of ether oxygens (including phenoxy) is 1. The van der Waals surface area contributed by atoms with Crippen molar-refractivity contribution in [1.29, 1.82) is 0 Å². The van der Waals surface area contributed by atoms with Gasteiger partial charge in [0.25, 0.3) is 0 Å². The summed E-state index contributed by atoms with van der Waals surface area (Å²) >= 11 is 0. The third-order valence-electron chi connectivity index (χ3n) is 3.50. The van der Waals surface area contributed by atoms with E-state index in [9.17, 15) is 9.90 Å². The van der Waals surface area contributed by atoms with Gasteiger partial charge in [-0.05, 0) is 34.6 Å². The quantitative estimate of drug-likeness (QED) is 0.855. The van der Waals surface area contributed by atoms with E-state index in [0.29, 0.717) is 19.0 Å². The summed E-state index contributed by atoms with van der Waals surface area (Å²) in [6, 6.07) is 0.0525. The molecule has 2 heterocycles. The smallest absolute Gasteiger partial charge is 0.410 e. The largest absolute Gasteiger partial charge is 0.505 e. The molecule has 2 atom stereocenters. The van der Waals surface area contributed by atoms with Crippen molar-refractivity contribution < 1.29 is 14.6 Å². The first kappa shape index (κ1) is 16.3. The Balaban J connectivity index is 2.08. The Kier molecular flexibility index (Phi) is 4.44. The first-order valence-corrected chi connectivity index (χ1v) is 7.44. The van der Waals surface area contributed by atoms with Gasteiger partial charge in [-0.3, -0.25) is 0 Å². The van der Waals surface area contributed by atoms with Crippen LogP contribution in [-0.2, 0) is 4.74 Å². The fourth-order valence-electron chi connectivity index (χ4n) is 2.44. The molecule has 122 valence electrons. The van der Waals surface area contributed by atoms with Crippen molar-refractivity contribution in [3.05, 3.63) is 12.4 Å². The number of carbonyl (C=O) groups is 1. The number of aromatic nitrogens is 2. The van der Waals surface area contributed by atoms with Crippen molar-refractivity contribution in [2.75, 3.05) is 18.0 Å². The Hall–Kier alpha value is -2.05. The third kappa shape index (κ3) is 3.78. The van der Waals surface area contributed by atoms with Gasteiger partial charge in [0.15, 0.2) is 5.75 Å². The maximum Gasteiger partial charge on any atom is 0.410 e. The maximum absolute atomic E-state index is 12.3. The van der Waals surface area contributed by atoms with Crippen molar-refractivity contribution in [2.24, 2.45) is 0 Å². The van der Waals surface area contributed by atoms with Crippen LogP contribution in [0.4, 0.5) is 10.7 Å². The van der Waals surface area contributed by atoms with Crippen LogP contribution in [0.5, 0.6) is 5.75 Å². The summed E-state index contributed by atoms with van der Waals surface area (Å²) in [5.41, 5.74) is -0.503.